The lowest BCUT2D eigenvalue weighted by Crippen LogP contribution is -2.31. The summed E-state index contributed by atoms with van der Waals surface area (Å²) in [6, 6.07) is 6.21. The average Bonchev–Trinajstić information content (AvgIpc) is 2.36. The van der Waals surface area contributed by atoms with Gasteiger partial charge >= 0.3 is 11.9 Å². The van der Waals surface area contributed by atoms with Gasteiger partial charge in [-0.3, -0.25) is 9.59 Å². The van der Waals surface area contributed by atoms with Crippen molar-refractivity contribution in [2.45, 2.75) is 6.42 Å². The molecule has 1 amide bonds. The molecule has 18 heavy (non-hydrogen) atoms. The van der Waals surface area contributed by atoms with Crippen molar-refractivity contribution in [3.63, 3.8) is 0 Å². The summed E-state index contributed by atoms with van der Waals surface area (Å²) in [5.74, 6) is -2.09. The van der Waals surface area contributed by atoms with E-state index in [0.29, 0.717) is 5.56 Å². The SMILES string of the molecule is COC(=O)CNC(=O)Cc1ccccc1C(=O)O. The second-order valence-electron chi connectivity index (χ2n) is 3.49. The Kier molecular flexibility index (Phi) is 4.86. The topological polar surface area (TPSA) is 92.7 Å². The van der Waals surface area contributed by atoms with Crippen molar-refractivity contribution in [3.8, 4) is 0 Å². The predicted molar refractivity (Wildman–Crippen MR) is 62.1 cm³/mol. The lowest BCUT2D eigenvalue weighted by atomic mass is 10.0. The van der Waals surface area contributed by atoms with Gasteiger partial charge in [0.1, 0.15) is 6.54 Å². The van der Waals surface area contributed by atoms with Crippen molar-refractivity contribution < 1.29 is 24.2 Å². The number of carbonyl (C=O) groups excluding carboxylic acids is 2. The van der Waals surface area contributed by atoms with Gasteiger partial charge in [-0.2, -0.15) is 0 Å². The minimum atomic E-state index is -1.09. The number of carbonyl (C=O) groups is 3. The molecule has 0 aliphatic rings. The van der Waals surface area contributed by atoms with Crippen molar-refractivity contribution >= 4 is 17.8 Å². The molecule has 6 heteroatoms. The molecule has 0 fully saturated rings. The van der Waals surface area contributed by atoms with Crippen LogP contribution >= 0.6 is 0 Å². The molecule has 1 aromatic rings. The third kappa shape index (κ3) is 3.89. The largest absolute Gasteiger partial charge is 0.478 e. The zero-order valence-corrected chi connectivity index (χ0v) is 9.80. The molecule has 0 bridgehead atoms. The maximum absolute atomic E-state index is 11.5. The summed E-state index contributed by atoms with van der Waals surface area (Å²) in [5.41, 5.74) is 0.470. The number of aromatic carboxylic acids is 1. The van der Waals surface area contributed by atoms with E-state index in [9.17, 15) is 14.4 Å². The Hall–Kier alpha value is -2.37. The van der Waals surface area contributed by atoms with Gasteiger partial charge in [0.25, 0.3) is 0 Å². The van der Waals surface area contributed by atoms with Crippen LogP contribution in [0.2, 0.25) is 0 Å². The monoisotopic (exact) mass is 251 g/mol. The van der Waals surface area contributed by atoms with Gasteiger partial charge in [0.2, 0.25) is 5.91 Å². The van der Waals surface area contributed by atoms with Crippen LogP contribution in [-0.2, 0) is 20.7 Å². The van der Waals surface area contributed by atoms with Gasteiger partial charge in [-0.25, -0.2) is 4.79 Å². The molecule has 0 aliphatic heterocycles. The molecular formula is C12H13NO5. The number of carboxylic acids is 1. The van der Waals surface area contributed by atoms with E-state index in [4.69, 9.17) is 5.11 Å². The Morgan fingerprint density at radius 3 is 2.56 bits per heavy atom. The number of amides is 1. The first-order valence-electron chi connectivity index (χ1n) is 5.19. The molecular weight excluding hydrogens is 238 g/mol. The van der Waals surface area contributed by atoms with Crippen molar-refractivity contribution in [3.05, 3.63) is 35.4 Å². The van der Waals surface area contributed by atoms with Crippen molar-refractivity contribution in [2.24, 2.45) is 0 Å². The normalized spacial score (nSPS) is 9.61. The molecule has 0 atom stereocenters. The first-order valence-corrected chi connectivity index (χ1v) is 5.19. The third-order valence-electron chi connectivity index (χ3n) is 2.26. The summed E-state index contributed by atoms with van der Waals surface area (Å²) < 4.78 is 4.37. The van der Waals surface area contributed by atoms with Crippen LogP contribution in [0, 0.1) is 0 Å². The maximum atomic E-state index is 11.5. The number of rotatable bonds is 5. The number of methoxy groups -OCH3 is 1. The van der Waals surface area contributed by atoms with E-state index in [1.54, 1.807) is 18.2 Å². The molecule has 0 unspecified atom stereocenters. The fourth-order valence-corrected chi connectivity index (χ4v) is 1.36. The van der Waals surface area contributed by atoms with Crippen LogP contribution < -0.4 is 5.32 Å². The standard InChI is InChI=1S/C12H13NO5/c1-18-11(15)7-13-10(14)6-8-4-2-3-5-9(8)12(16)17/h2-5H,6-7H2,1H3,(H,13,14)(H,16,17). The molecule has 0 heterocycles. The fourth-order valence-electron chi connectivity index (χ4n) is 1.36. The first-order chi connectivity index (χ1) is 8.54. The van der Waals surface area contributed by atoms with Gasteiger partial charge in [-0.1, -0.05) is 18.2 Å². The number of nitrogens with one attached hydrogen (secondary N) is 1. The molecule has 0 radical (unpaired) electrons. The van der Waals surface area contributed by atoms with Crippen LogP contribution in [0.4, 0.5) is 0 Å². The molecule has 96 valence electrons. The van der Waals surface area contributed by atoms with E-state index in [1.165, 1.54) is 13.2 Å². The maximum Gasteiger partial charge on any atom is 0.335 e. The number of benzene rings is 1. The second kappa shape index (κ2) is 6.39. The van der Waals surface area contributed by atoms with Crippen LogP contribution in [0.25, 0.3) is 0 Å². The summed E-state index contributed by atoms with van der Waals surface area (Å²) in [5, 5.41) is 11.3. The van der Waals surface area contributed by atoms with Crippen LogP contribution in [0.5, 0.6) is 0 Å². The van der Waals surface area contributed by atoms with Crippen LogP contribution in [0.15, 0.2) is 24.3 Å². The molecule has 1 aromatic carbocycles. The van der Waals surface area contributed by atoms with Crippen LogP contribution in [0.1, 0.15) is 15.9 Å². The lowest BCUT2D eigenvalue weighted by molar-refractivity contribution is -0.141. The van der Waals surface area contributed by atoms with Gasteiger partial charge in [-0.15, -0.1) is 0 Å². The quantitative estimate of drug-likeness (QED) is 0.730. The average molecular weight is 251 g/mol. The van der Waals surface area contributed by atoms with Gasteiger partial charge in [0, 0.05) is 0 Å². The summed E-state index contributed by atoms with van der Waals surface area (Å²) in [4.78, 5) is 33.2. The fraction of sp³-hybridized carbons (Fsp3) is 0.250. The summed E-state index contributed by atoms with van der Waals surface area (Å²) in [7, 11) is 1.22. The Bertz CT molecular complexity index is 469. The van der Waals surface area contributed by atoms with Gasteiger partial charge in [0.15, 0.2) is 0 Å². The second-order valence-corrected chi connectivity index (χ2v) is 3.49. The van der Waals surface area contributed by atoms with Crippen molar-refractivity contribution in [1.29, 1.82) is 0 Å². The highest BCUT2D eigenvalue weighted by atomic mass is 16.5. The molecule has 1 rings (SSSR count). The highest BCUT2D eigenvalue weighted by Crippen LogP contribution is 2.09. The van der Waals surface area contributed by atoms with Crippen LogP contribution in [-0.4, -0.2) is 36.6 Å². The van der Waals surface area contributed by atoms with Crippen molar-refractivity contribution in [2.75, 3.05) is 13.7 Å². The molecule has 0 saturated heterocycles. The number of hydrogen-bond donors (Lipinski definition) is 2. The highest BCUT2D eigenvalue weighted by Gasteiger charge is 2.12. The van der Waals surface area contributed by atoms with E-state index in [0.717, 1.165) is 0 Å². The first kappa shape index (κ1) is 13.7. The van der Waals surface area contributed by atoms with Gasteiger partial charge in [0.05, 0.1) is 19.1 Å². The van der Waals surface area contributed by atoms with Gasteiger partial charge in [-0.05, 0) is 11.6 Å². The minimum Gasteiger partial charge on any atom is -0.478 e. The van der Waals surface area contributed by atoms with E-state index in [1.807, 2.05) is 0 Å². The predicted octanol–water partition coefficient (Wildman–Crippen LogP) is 0.216. The molecule has 0 aliphatic carbocycles. The van der Waals surface area contributed by atoms with Crippen molar-refractivity contribution in [1.82, 2.24) is 5.32 Å². The summed E-state index contributed by atoms with van der Waals surface area (Å²) in [6.45, 7) is -0.232. The molecule has 0 saturated carbocycles. The third-order valence-corrected chi connectivity index (χ3v) is 2.26. The van der Waals surface area contributed by atoms with Gasteiger partial charge < -0.3 is 15.2 Å². The van der Waals surface area contributed by atoms with E-state index < -0.39 is 17.8 Å². The number of carboxylic acid groups (broad SMARTS) is 1. The summed E-state index contributed by atoms with van der Waals surface area (Å²) >= 11 is 0. The number of esters is 1. The molecule has 0 spiro atoms. The van der Waals surface area contributed by atoms with E-state index in [2.05, 4.69) is 10.1 Å². The van der Waals surface area contributed by atoms with E-state index in [-0.39, 0.29) is 18.5 Å². The number of hydrogen-bond acceptors (Lipinski definition) is 4. The number of ether oxygens (including phenoxy) is 1. The van der Waals surface area contributed by atoms with Crippen LogP contribution in [0.3, 0.4) is 0 Å². The smallest absolute Gasteiger partial charge is 0.335 e. The van der Waals surface area contributed by atoms with E-state index >= 15 is 0 Å². The molecule has 0 aromatic heterocycles. The Morgan fingerprint density at radius 1 is 1.28 bits per heavy atom. The molecule has 2 N–H and O–H groups in total. The Labute approximate surface area is 104 Å². The Balaban J connectivity index is 2.65. The zero-order chi connectivity index (χ0) is 13.5. The Morgan fingerprint density at radius 2 is 1.94 bits per heavy atom. The lowest BCUT2D eigenvalue weighted by Gasteiger charge is -2.06. The minimum absolute atomic E-state index is 0.0747. The summed E-state index contributed by atoms with van der Waals surface area (Å²) in [6.07, 6.45) is -0.0978. The molecule has 6 nitrogen and oxygen atoms in total. The highest BCUT2D eigenvalue weighted by molar-refractivity contribution is 5.92. The zero-order valence-electron chi connectivity index (χ0n) is 9.80.